The largest absolute Gasteiger partial charge is 0.350 e. The molecule has 0 aliphatic heterocycles. The lowest BCUT2D eigenvalue weighted by Crippen LogP contribution is -2.28. The van der Waals surface area contributed by atoms with Crippen molar-refractivity contribution in [3.63, 3.8) is 0 Å². The molecule has 2 nitrogen and oxygen atoms in total. The predicted molar refractivity (Wildman–Crippen MR) is 74.2 cm³/mol. The second kappa shape index (κ2) is 6.58. The van der Waals surface area contributed by atoms with Crippen molar-refractivity contribution in [3.05, 3.63) is 35.9 Å². The molecule has 1 N–H and O–H groups in total. The first-order chi connectivity index (χ1) is 8.75. The normalized spacial score (nSPS) is 18.3. The lowest BCUT2D eigenvalue weighted by atomic mass is 9.83. The number of hydrogen-bond donors (Lipinski definition) is 1. The van der Waals surface area contributed by atoms with Crippen LogP contribution in [0.25, 0.3) is 0 Å². The van der Waals surface area contributed by atoms with Crippen LogP contribution in [-0.4, -0.2) is 5.91 Å². The third-order valence-electron chi connectivity index (χ3n) is 3.87. The molecule has 0 radical (unpaired) electrons. The van der Waals surface area contributed by atoms with Crippen molar-refractivity contribution < 1.29 is 4.79 Å². The van der Waals surface area contributed by atoms with Gasteiger partial charge in [-0.2, -0.15) is 0 Å². The summed E-state index contributed by atoms with van der Waals surface area (Å²) in [5.74, 6) is 0.843. The van der Waals surface area contributed by atoms with Crippen LogP contribution in [0, 0.1) is 5.92 Å². The first kappa shape index (κ1) is 13.1. The quantitative estimate of drug-likeness (QED) is 0.858. The number of hydrogen-bond acceptors (Lipinski definition) is 1. The fraction of sp³-hybridized carbons (Fsp3) is 0.562. The molecule has 2 heteroatoms. The molecule has 1 saturated carbocycles. The Bertz CT molecular complexity index is 368. The van der Waals surface area contributed by atoms with E-state index in [1.807, 2.05) is 18.2 Å². The SMILES string of the molecule is CC(=O)N[C@@H](CC1CCCCC1)c1ccccc1. The van der Waals surface area contributed by atoms with Crippen molar-refractivity contribution >= 4 is 5.91 Å². The minimum Gasteiger partial charge on any atom is -0.350 e. The Morgan fingerprint density at radius 3 is 2.50 bits per heavy atom. The number of amides is 1. The van der Waals surface area contributed by atoms with E-state index in [4.69, 9.17) is 0 Å². The molecule has 0 spiro atoms. The van der Waals surface area contributed by atoms with E-state index in [0.717, 1.165) is 12.3 Å². The van der Waals surface area contributed by atoms with Gasteiger partial charge in [-0.3, -0.25) is 4.79 Å². The van der Waals surface area contributed by atoms with Crippen LogP contribution in [0.15, 0.2) is 30.3 Å². The van der Waals surface area contributed by atoms with E-state index in [-0.39, 0.29) is 11.9 Å². The van der Waals surface area contributed by atoms with Gasteiger partial charge in [-0.25, -0.2) is 0 Å². The first-order valence-electron chi connectivity index (χ1n) is 7.08. The van der Waals surface area contributed by atoms with E-state index < -0.39 is 0 Å². The van der Waals surface area contributed by atoms with E-state index >= 15 is 0 Å². The third kappa shape index (κ3) is 3.86. The molecule has 0 heterocycles. The molecule has 1 aromatic rings. The van der Waals surface area contributed by atoms with Crippen LogP contribution in [0.4, 0.5) is 0 Å². The Hall–Kier alpha value is -1.31. The lowest BCUT2D eigenvalue weighted by Gasteiger charge is -2.27. The van der Waals surface area contributed by atoms with Crippen molar-refractivity contribution in [3.8, 4) is 0 Å². The zero-order valence-corrected chi connectivity index (χ0v) is 11.2. The van der Waals surface area contributed by atoms with Crippen molar-refractivity contribution in [2.45, 2.75) is 51.5 Å². The second-order valence-corrected chi connectivity index (χ2v) is 5.40. The van der Waals surface area contributed by atoms with Crippen LogP contribution in [0.2, 0.25) is 0 Å². The van der Waals surface area contributed by atoms with Crippen LogP contribution >= 0.6 is 0 Å². The van der Waals surface area contributed by atoms with Crippen LogP contribution in [-0.2, 0) is 4.79 Å². The van der Waals surface area contributed by atoms with Gasteiger partial charge < -0.3 is 5.32 Å². The van der Waals surface area contributed by atoms with Crippen LogP contribution in [0.5, 0.6) is 0 Å². The number of benzene rings is 1. The Morgan fingerprint density at radius 1 is 1.22 bits per heavy atom. The van der Waals surface area contributed by atoms with E-state index in [9.17, 15) is 4.79 Å². The predicted octanol–water partition coefficient (Wildman–Crippen LogP) is 3.83. The van der Waals surface area contributed by atoms with E-state index in [1.165, 1.54) is 37.7 Å². The van der Waals surface area contributed by atoms with Crippen LogP contribution < -0.4 is 5.32 Å². The topological polar surface area (TPSA) is 29.1 Å². The van der Waals surface area contributed by atoms with Gasteiger partial charge in [-0.05, 0) is 17.9 Å². The molecule has 0 unspecified atom stereocenters. The highest BCUT2D eigenvalue weighted by molar-refractivity contribution is 5.73. The molecule has 2 rings (SSSR count). The summed E-state index contributed by atoms with van der Waals surface area (Å²) >= 11 is 0. The molecule has 1 aromatic carbocycles. The standard InChI is InChI=1S/C16H23NO/c1-13(18)17-16(15-10-6-3-7-11-15)12-14-8-4-2-5-9-14/h3,6-7,10-11,14,16H,2,4-5,8-9,12H2,1H3,(H,17,18)/t16-/m0/s1. The summed E-state index contributed by atoms with van der Waals surface area (Å²) in [5, 5.41) is 3.10. The van der Waals surface area contributed by atoms with Gasteiger partial charge >= 0.3 is 0 Å². The summed E-state index contributed by atoms with van der Waals surface area (Å²) in [6.07, 6.45) is 7.82. The average molecular weight is 245 g/mol. The molecule has 1 atom stereocenters. The fourth-order valence-electron chi connectivity index (χ4n) is 2.97. The summed E-state index contributed by atoms with van der Waals surface area (Å²) in [5.41, 5.74) is 1.23. The molecule has 1 fully saturated rings. The minimum atomic E-state index is 0.0691. The molecule has 1 aliphatic rings. The Balaban J connectivity index is 2.02. The third-order valence-corrected chi connectivity index (χ3v) is 3.87. The number of nitrogens with one attached hydrogen (secondary N) is 1. The van der Waals surface area contributed by atoms with Crippen molar-refractivity contribution in [1.29, 1.82) is 0 Å². The van der Waals surface area contributed by atoms with Gasteiger partial charge in [0.2, 0.25) is 5.91 Å². The number of rotatable bonds is 4. The van der Waals surface area contributed by atoms with Crippen molar-refractivity contribution in [2.75, 3.05) is 0 Å². The average Bonchev–Trinajstić information content (AvgIpc) is 2.40. The highest BCUT2D eigenvalue weighted by atomic mass is 16.1. The Labute approximate surface area is 110 Å². The maximum Gasteiger partial charge on any atom is 0.217 e. The monoisotopic (exact) mass is 245 g/mol. The van der Waals surface area contributed by atoms with Crippen LogP contribution in [0.1, 0.15) is 57.1 Å². The van der Waals surface area contributed by atoms with E-state index in [0.29, 0.717) is 0 Å². The first-order valence-corrected chi connectivity index (χ1v) is 7.08. The summed E-state index contributed by atoms with van der Waals surface area (Å²) in [7, 11) is 0. The van der Waals surface area contributed by atoms with Gasteiger partial charge in [0.05, 0.1) is 6.04 Å². The van der Waals surface area contributed by atoms with E-state index in [2.05, 4.69) is 17.4 Å². The van der Waals surface area contributed by atoms with Gasteiger partial charge in [0, 0.05) is 6.92 Å². The van der Waals surface area contributed by atoms with Crippen LogP contribution in [0.3, 0.4) is 0 Å². The molecule has 0 saturated heterocycles. The molecule has 98 valence electrons. The maximum absolute atomic E-state index is 11.4. The highest BCUT2D eigenvalue weighted by Crippen LogP contribution is 2.31. The van der Waals surface area contributed by atoms with Gasteiger partial charge in [0.25, 0.3) is 0 Å². The van der Waals surface area contributed by atoms with Gasteiger partial charge in [-0.15, -0.1) is 0 Å². The summed E-state index contributed by atoms with van der Waals surface area (Å²) in [6.45, 7) is 1.61. The van der Waals surface area contributed by atoms with Crippen molar-refractivity contribution in [1.82, 2.24) is 5.32 Å². The van der Waals surface area contributed by atoms with Crippen molar-refractivity contribution in [2.24, 2.45) is 5.92 Å². The molecule has 1 amide bonds. The second-order valence-electron chi connectivity index (χ2n) is 5.40. The lowest BCUT2D eigenvalue weighted by molar-refractivity contribution is -0.119. The highest BCUT2D eigenvalue weighted by Gasteiger charge is 2.20. The fourth-order valence-corrected chi connectivity index (χ4v) is 2.97. The summed E-state index contributed by atoms with van der Waals surface area (Å²) in [4.78, 5) is 11.4. The molecular weight excluding hydrogens is 222 g/mol. The molecule has 1 aliphatic carbocycles. The summed E-state index contributed by atoms with van der Waals surface area (Å²) < 4.78 is 0. The van der Waals surface area contributed by atoms with Gasteiger partial charge in [0.1, 0.15) is 0 Å². The minimum absolute atomic E-state index is 0.0691. The van der Waals surface area contributed by atoms with Gasteiger partial charge in [0.15, 0.2) is 0 Å². The maximum atomic E-state index is 11.4. The zero-order valence-electron chi connectivity index (χ0n) is 11.2. The Morgan fingerprint density at radius 2 is 1.89 bits per heavy atom. The Kier molecular flexibility index (Phi) is 4.80. The number of carbonyl (C=O) groups excluding carboxylic acids is 1. The molecule has 0 bridgehead atoms. The smallest absolute Gasteiger partial charge is 0.217 e. The summed E-state index contributed by atoms with van der Waals surface area (Å²) in [6, 6.07) is 10.5. The van der Waals surface area contributed by atoms with Gasteiger partial charge in [-0.1, -0.05) is 62.4 Å². The molecular formula is C16H23NO. The zero-order chi connectivity index (χ0) is 12.8. The molecule has 18 heavy (non-hydrogen) atoms. The molecule has 0 aromatic heterocycles. The van der Waals surface area contributed by atoms with E-state index in [1.54, 1.807) is 6.92 Å². The number of carbonyl (C=O) groups is 1.